The Morgan fingerprint density at radius 1 is 1.40 bits per heavy atom. The molecule has 0 aliphatic carbocycles. The van der Waals surface area contributed by atoms with Gasteiger partial charge < -0.3 is 10.1 Å². The molecule has 1 rings (SSSR count). The SMILES string of the molecule is CCOC(=O)c1ccc(C(F)(F)F)nc1NCC(C)C. The summed E-state index contributed by atoms with van der Waals surface area (Å²) in [6, 6.07) is 1.85. The Morgan fingerprint density at radius 2 is 2.05 bits per heavy atom. The molecule has 112 valence electrons. The van der Waals surface area contributed by atoms with Crippen molar-refractivity contribution in [3.8, 4) is 0 Å². The van der Waals surface area contributed by atoms with Crippen LogP contribution in [-0.4, -0.2) is 24.1 Å². The molecule has 4 nitrogen and oxygen atoms in total. The molecule has 0 atom stereocenters. The van der Waals surface area contributed by atoms with Gasteiger partial charge in [0.25, 0.3) is 0 Å². The van der Waals surface area contributed by atoms with Crippen molar-refractivity contribution in [1.82, 2.24) is 4.98 Å². The van der Waals surface area contributed by atoms with Crippen LogP contribution in [-0.2, 0) is 10.9 Å². The fraction of sp³-hybridized carbons (Fsp3) is 0.538. The van der Waals surface area contributed by atoms with Gasteiger partial charge in [0, 0.05) is 6.54 Å². The van der Waals surface area contributed by atoms with Crippen LogP contribution in [0.2, 0.25) is 0 Å². The first-order valence-corrected chi connectivity index (χ1v) is 6.25. The van der Waals surface area contributed by atoms with E-state index in [-0.39, 0.29) is 23.9 Å². The summed E-state index contributed by atoms with van der Waals surface area (Å²) in [7, 11) is 0. The van der Waals surface area contributed by atoms with Gasteiger partial charge in [0.15, 0.2) is 0 Å². The lowest BCUT2D eigenvalue weighted by molar-refractivity contribution is -0.141. The Balaban J connectivity index is 3.12. The normalized spacial score (nSPS) is 11.6. The summed E-state index contributed by atoms with van der Waals surface area (Å²) in [6.07, 6.45) is -4.55. The Labute approximate surface area is 115 Å². The van der Waals surface area contributed by atoms with Crippen molar-refractivity contribution >= 4 is 11.8 Å². The number of nitrogens with one attached hydrogen (secondary N) is 1. The van der Waals surface area contributed by atoms with Gasteiger partial charge in [-0.1, -0.05) is 13.8 Å². The Morgan fingerprint density at radius 3 is 2.55 bits per heavy atom. The van der Waals surface area contributed by atoms with E-state index in [1.165, 1.54) is 0 Å². The molecule has 0 unspecified atom stereocenters. The number of hydrogen-bond donors (Lipinski definition) is 1. The number of carbonyl (C=O) groups is 1. The number of nitrogens with zero attached hydrogens (tertiary/aromatic N) is 1. The Hall–Kier alpha value is -1.79. The average molecular weight is 290 g/mol. The second kappa shape index (κ2) is 6.58. The predicted molar refractivity (Wildman–Crippen MR) is 68.5 cm³/mol. The molecule has 1 heterocycles. The van der Waals surface area contributed by atoms with Crippen LogP contribution in [0.15, 0.2) is 12.1 Å². The van der Waals surface area contributed by atoms with E-state index in [4.69, 9.17) is 4.74 Å². The van der Waals surface area contributed by atoms with Crippen LogP contribution in [0, 0.1) is 5.92 Å². The van der Waals surface area contributed by atoms with E-state index in [0.717, 1.165) is 12.1 Å². The van der Waals surface area contributed by atoms with Crippen LogP contribution in [0.1, 0.15) is 36.8 Å². The minimum atomic E-state index is -4.55. The van der Waals surface area contributed by atoms with Crippen LogP contribution in [0.3, 0.4) is 0 Å². The highest BCUT2D eigenvalue weighted by molar-refractivity contribution is 5.94. The molecular formula is C13H17F3N2O2. The summed E-state index contributed by atoms with van der Waals surface area (Å²) in [6.45, 7) is 5.95. The second-order valence-corrected chi connectivity index (χ2v) is 4.59. The Kier molecular flexibility index (Phi) is 5.35. The second-order valence-electron chi connectivity index (χ2n) is 4.59. The van der Waals surface area contributed by atoms with Crippen molar-refractivity contribution in [2.75, 3.05) is 18.5 Å². The van der Waals surface area contributed by atoms with E-state index < -0.39 is 17.8 Å². The maximum Gasteiger partial charge on any atom is 0.433 e. The molecule has 0 aromatic carbocycles. The highest BCUT2D eigenvalue weighted by atomic mass is 19.4. The summed E-state index contributed by atoms with van der Waals surface area (Å²) < 4.78 is 42.7. The molecule has 0 spiro atoms. The van der Waals surface area contributed by atoms with Crippen molar-refractivity contribution in [3.05, 3.63) is 23.4 Å². The number of esters is 1. The zero-order chi connectivity index (χ0) is 15.3. The number of aromatic nitrogens is 1. The molecule has 0 radical (unpaired) electrons. The zero-order valence-corrected chi connectivity index (χ0v) is 11.5. The van der Waals surface area contributed by atoms with Gasteiger partial charge in [-0.2, -0.15) is 13.2 Å². The van der Waals surface area contributed by atoms with Crippen LogP contribution >= 0.6 is 0 Å². The van der Waals surface area contributed by atoms with Gasteiger partial charge in [0.05, 0.1) is 6.61 Å². The molecule has 0 aliphatic heterocycles. The first-order chi connectivity index (χ1) is 9.25. The highest BCUT2D eigenvalue weighted by Gasteiger charge is 2.33. The maximum absolute atomic E-state index is 12.6. The van der Waals surface area contributed by atoms with Crippen molar-refractivity contribution in [2.45, 2.75) is 26.9 Å². The average Bonchev–Trinajstić information content (AvgIpc) is 2.35. The molecule has 1 N–H and O–H groups in total. The smallest absolute Gasteiger partial charge is 0.433 e. The Bertz CT molecular complexity index is 473. The minimum absolute atomic E-state index is 0.000463. The lowest BCUT2D eigenvalue weighted by Crippen LogP contribution is -2.17. The number of halogens is 3. The largest absolute Gasteiger partial charge is 0.462 e. The predicted octanol–water partition coefficient (Wildman–Crippen LogP) is 3.35. The summed E-state index contributed by atoms with van der Waals surface area (Å²) in [5.74, 6) is -0.603. The number of hydrogen-bond acceptors (Lipinski definition) is 4. The van der Waals surface area contributed by atoms with E-state index in [1.807, 2.05) is 13.8 Å². The molecule has 1 aromatic heterocycles. The van der Waals surface area contributed by atoms with E-state index in [2.05, 4.69) is 10.3 Å². The monoisotopic (exact) mass is 290 g/mol. The topological polar surface area (TPSA) is 51.2 Å². The van der Waals surface area contributed by atoms with Gasteiger partial charge in [0.1, 0.15) is 17.1 Å². The third-order valence-corrected chi connectivity index (χ3v) is 2.36. The molecule has 0 saturated heterocycles. The lowest BCUT2D eigenvalue weighted by Gasteiger charge is -2.14. The van der Waals surface area contributed by atoms with Crippen LogP contribution < -0.4 is 5.32 Å². The summed E-state index contributed by atoms with van der Waals surface area (Å²) in [5, 5.41) is 2.75. The van der Waals surface area contributed by atoms with Gasteiger partial charge in [-0.15, -0.1) is 0 Å². The summed E-state index contributed by atoms with van der Waals surface area (Å²) in [5.41, 5.74) is -1.04. The highest BCUT2D eigenvalue weighted by Crippen LogP contribution is 2.29. The van der Waals surface area contributed by atoms with Gasteiger partial charge >= 0.3 is 12.1 Å². The van der Waals surface area contributed by atoms with Crippen LogP contribution in [0.5, 0.6) is 0 Å². The van der Waals surface area contributed by atoms with Crippen molar-refractivity contribution in [2.24, 2.45) is 5.92 Å². The number of carbonyl (C=O) groups excluding carboxylic acids is 1. The van der Waals surface area contributed by atoms with E-state index >= 15 is 0 Å². The number of anilines is 1. The van der Waals surface area contributed by atoms with E-state index in [1.54, 1.807) is 6.92 Å². The number of rotatable bonds is 5. The minimum Gasteiger partial charge on any atom is -0.462 e. The van der Waals surface area contributed by atoms with Gasteiger partial charge in [-0.25, -0.2) is 9.78 Å². The number of alkyl halides is 3. The molecular weight excluding hydrogens is 273 g/mol. The number of pyridine rings is 1. The van der Waals surface area contributed by atoms with Crippen molar-refractivity contribution in [1.29, 1.82) is 0 Å². The molecule has 20 heavy (non-hydrogen) atoms. The third-order valence-electron chi connectivity index (χ3n) is 2.36. The summed E-state index contributed by atoms with van der Waals surface area (Å²) in [4.78, 5) is 15.2. The molecule has 0 aliphatic rings. The maximum atomic E-state index is 12.6. The fourth-order valence-electron chi connectivity index (χ4n) is 1.43. The van der Waals surface area contributed by atoms with Gasteiger partial charge in [-0.05, 0) is 25.0 Å². The molecule has 0 bridgehead atoms. The van der Waals surface area contributed by atoms with Crippen molar-refractivity contribution < 1.29 is 22.7 Å². The standard InChI is InChI=1S/C13H17F3N2O2/c1-4-20-12(19)9-5-6-10(13(14,15)16)18-11(9)17-7-8(2)3/h5-6,8H,4,7H2,1-3H3,(H,17,18). The fourth-order valence-corrected chi connectivity index (χ4v) is 1.43. The first-order valence-electron chi connectivity index (χ1n) is 6.25. The molecule has 0 amide bonds. The van der Waals surface area contributed by atoms with Crippen LogP contribution in [0.4, 0.5) is 19.0 Å². The van der Waals surface area contributed by atoms with E-state index in [0.29, 0.717) is 6.54 Å². The molecule has 0 saturated carbocycles. The molecule has 1 aromatic rings. The van der Waals surface area contributed by atoms with Gasteiger partial charge in [0.2, 0.25) is 0 Å². The zero-order valence-electron chi connectivity index (χ0n) is 11.5. The molecule has 7 heteroatoms. The number of ether oxygens (including phenoxy) is 1. The van der Waals surface area contributed by atoms with Crippen molar-refractivity contribution in [3.63, 3.8) is 0 Å². The van der Waals surface area contributed by atoms with Gasteiger partial charge in [-0.3, -0.25) is 0 Å². The molecule has 0 fully saturated rings. The quantitative estimate of drug-likeness (QED) is 0.845. The van der Waals surface area contributed by atoms with E-state index in [9.17, 15) is 18.0 Å². The lowest BCUT2D eigenvalue weighted by atomic mass is 10.2. The first kappa shape index (κ1) is 16.3. The third kappa shape index (κ3) is 4.40. The van der Waals surface area contributed by atoms with Crippen LogP contribution in [0.25, 0.3) is 0 Å². The summed E-state index contributed by atoms with van der Waals surface area (Å²) >= 11 is 0.